The molecule has 1 heterocycles. The summed E-state index contributed by atoms with van der Waals surface area (Å²) in [5, 5.41) is 11.1. The lowest BCUT2D eigenvalue weighted by Gasteiger charge is -2.31. The van der Waals surface area contributed by atoms with Crippen molar-refractivity contribution in [2.45, 2.75) is 25.8 Å². The van der Waals surface area contributed by atoms with Gasteiger partial charge in [-0.2, -0.15) is 0 Å². The molecule has 0 bridgehead atoms. The molecule has 1 saturated heterocycles. The van der Waals surface area contributed by atoms with Gasteiger partial charge in [-0.15, -0.1) is 0 Å². The third-order valence-corrected chi connectivity index (χ3v) is 3.28. The van der Waals surface area contributed by atoms with Crippen molar-refractivity contribution < 1.29 is 4.92 Å². The normalized spacial score (nSPS) is 17.2. The van der Waals surface area contributed by atoms with E-state index in [4.69, 9.17) is 5.73 Å². The number of nitro benzene ring substituents is 1. The molecule has 92 valence electrons. The van der Waals surface area contributed by atoms with Crippen molar-refractivity contribution in [2.75, 3.05) is 18.0 Å². The van der Waals surface area contributed by atoms with Crippen LogP contribution < -0.4 is 10.6 Å². The van der Waals surface area contributed by atoms with E-state index in [2.05, 4.69) is 4.90 Å². The maximum Gasteiger partial charge on any atom is 0.295 e. The monoisotopic (exact) mass is 235 g/mol. The fourth-order valence-corrected chi connectivity index (χ4v) is 2.28. The van der Waals surface area contributed by atoms with E-state index in [1.54, 1.807) is 13.0 Å². The topological polar surface area (TPSA) is 72.4 Å². The largest absolute Gasteiger partial charge is 0.366 e. The van der Waals surface area contributed by atoms with E-state index in [1.807, 2.05) is 12.1 Å². The fourth-order valence-electron chi connectivity index (χ4n) is 2.28. The van der Waals surface area contributed by atoms with E-state index in [9.17, 15) is 10.1 Å². The maximum absolute atomic E-state index is 11.1. The van der Waals surface area contributed by atoms with Crippen LogP contribution in [0.15, 0.2) is 18.2 Å². The van der Waals surface area contributed by atoms with Gasteiger partial charge in [0, 0.05) is 24.7 Å². The van der Waals surface area contributed by atoms with Gasteiger partial charge in [-0.25, -0.2) is 0 Å². The minimum Gasteiger partial charge on any atom is -0.366 e. The SMILES string of the molecule is Cc1cccc(N2CCC(N)CC2)c1[N+](=O)[O-]. The lowest BCUT2D eigenvalue weighted by atomic mass is 10.0. The first-order valence-electron chi connectivity index (χ1n) is 5.84. The summed E-state index contributed by atoms with van der Waals surface area (Å²) in [7, 11) is 0. The summed E-state index contributed by atoms with van der Waals surface area (Å²) >= 11 is 0. The molecule has 1 aromatic rings. The van der Waals surface area contributed by atoms with Crippen LogP contribution in [0.3, 0.4) is 0 Å². The molecule has 0 saturated carbocycles. The molecule has 1 fully saturated rings. The Morgan fingerprint density at radius 3 is 2.65 bits per heavy atom. The van der Waals surface area contributed by atoms with Gasteiger partial charge in [-0.1, -0.05) is 12.1 Å². The molecule has 0 atom stereocenters. The Balaban J connectivity index is 2.32. The van der Waals surface area contributed by atoms with Crippen molar-refractivity contribution in [3.63, 3.8) is 0 Å². The first-order chi connectivity index (χ1) is 8.09. The predicted molar refractivity (Wildman–Crippen MR) is 67.3 cm³/mol. The van der Waals surface area contributed by atoms with Crippen molar-refractivity contribution >= 4 is 11.4 Å². The number of benzene rings is 1. The van der Waals surface area contributed by atoms with Gasteiger partial charge in [-0.05, 0) is 25.8 Å². The number of piperidine rings is 1. The Morgan fingerprint density at radius 1 is 1.41 bits per heavy atom. The molecule has 1 aliphatic heterocycles. The summed E-state index contributed by atoms with van der Waals surface area (Å²) in [6.45, 7) is 3.37. The van der Waals surface area contributed by atoms with Crippen LogP contribution >= 0.6 is 0 Å². The zero-order chi connectivity index (χ0) is 12.4. The van der Waals surface area contributed by atoms with Crippen LogP contribution in [0.5, 0.6) is 0 Å². The number of nitrogens with two attached hydrogens (primary N) is 1. The lowest BCUT2D eigenvalue weighted by Crippen LogP contribution is -2.39. The first-order valence-corrected chi connectivity index (χ1v) is 5.84. The quantitative estimate of drug-likeness (QED) is 0.627. The molecule has 5 heteroatoms. The number of hydrogen-bond acceptors (Lipinski definition) is 4. The number of hydrogen-bond donors (Lipinski definition) is 1. The second-order valence-electron chi connectivity index (χ2n) is 4.52. The predicted octanol–water partition coefficient (Wildman–Crippen LogP) is 1.83. The molecular formula is C12H17N3O2. The van der Waals surface area contributed by atoms with Gasteiger partial charge in [0.2, 0.25) is 0 Å². The molecule has 0 radical (unpaired) electrons. The average molecular weight is 235 g/mol. The van der Waals surface area contributed by atoms with Crippen LogP contribution in [0.2, 0.25) is 0 Å². The van der Waals surface area contributed by atoms with Gasteiger partial charge in [0.15, 0.2) is 0 Å². The number of nitro groups is 1. The van der Waals surface area contributed by atoms with E-state index < -0.39 is 0 Å². The van der Waals surface area contributed by atoms with E-state index in [1.165, 1.54) is 0 Å². The number of anilines is 1. The van der Waals surface area contributed by atoms with E-state index in [0.29, 0.717) is 5.56 Å². The second-order valence-corrected chi connectivity index (χ2v) is 4.52. The standard InChI is InChI=1S/C12H17N3O2/c1-9-3-2-4-11(12(9)15(16)17)14-7-5-10(13)6-8-14/h2-4,10H,5-8,13H2,1H3. The Morgan fingerprint density at radius 2 is 2.06 bits per heavy atom. The smallest absolute Gasteiger partial charge is 0.295 e. The van der Waals surface area contributed by atoms with Gasteiger partial charge in [0.05, 0.1) is 4.92 Å². The zero-order valence-electron chi connectivity index (χ0n) is 9.93. The number of nitrogens with zero attached hydrogens (tertiary/aromatic N) is 2. The highest BCUT2D eigenvalue weighted by atomic mass is 16.6. The van der Waals surface area contributed by atoms with Gasteiger partial charge < -0.3 is 10.6 Å². The molecule has 17 heavy (non-hydrogen) atoms. The van der Waals surface area contributed by atoms with E-state index >= 15 is 0 Å². The van der Waals surface area contributed by atoms with Crippen LogP contribution in [-0.4, -0.2) is 24.1 Å². The van der Waals surface area contributed by atoms with Gasteiger partial charge in [0.1, 0.15) is 5.69 Å². The number of rotatable bonds is 2. The highest BCUT2D eigenvalue weighted by Gasteiger charge is 2.24. The van der Waals surface area contributed by atoms with Crippen LogP contribution in [0.25, 0.3) is 0 Å². The maximum atomic E-state index is 11.1. The third-order valence-electron chi connectivity index (χ3n) is 3.28. The molecule has 1 aliphatic rings. The highest BCUT2D eigenvalue weighted by molar-refractivity contribution is 5.66. The Labute approximate surface area is 100 Å². The minimum atomic E-state index is -0.292. The van der Waals surface area contributed by atoms with Gasteiger partial charge in [-0.3, -0.25) is 10.1 Å². The zero-order valence-corrected chi connectivity index (χ0v) is 9.93. The first kappa shape index (κ1) is 11.9. The molecule has 0 unspecified atom stereocenters. The van der Waals surface area contributed by atoms with Crippen LogP contribution in [0.4, 0.5) is 11.4 Å². The molecule has 5 nitrogen and oxygen atoms in total. The Bertz CT molecular complexity index is 426. The molecule has 0 spiro atoms. The molecular weight excluding hydrogens is 218 g/mol. The van der Waals surface area contributed by atoms with Crippen LogP contribution in [0, 0.1) is 17.0 Å². The highest BCUT2D eigenvalue weighted by Crippen LogP contribution is 2.32. The van der Waals surface area contributed by atoms with Crippen molar-refractivity contribution in [3.8, 4) is 0 Å². The number of para-hydroxylation sites is 1. The molecule has 2 rings (SSSR count). The Hall–Kier alpha value is -1.62. The summed E-state index contributed by atoms with van der Waals surface area (Å²) in [6.07, 6.45) is 1.79. The van der Waals surface area contributed by atoms with Gasteiger partial charge in [0.25, 0.3) is 5.69 Å². The van der Waals surface area contributed by atoms with Crippen molar-refractivity contribution in [2.24, 2.45) is 5.73 Å². The summed E-state index contributed by atoms with van der Waals surface area (Å²) in [6, 6.07) is 5.70. The lowest BCUT2D eigenvalue weighted by molar-refractivity contribution is -0.384. The fraction of sp³-hybridized carbons (Fsp3) is 0.500. The molecule has 0 aromatic heterocycles. The van der Waals surface area contributed by atoms with Crippen LogP contribution in [0.1, 0.15) is 18.4 Å². The van der Waals surface area contributed by atoms with Crippen molar-refractivity contribution in [1.29, 1.82) is 0 Å². The van der Waals surface area contributed by atoms with E-state index in [-0.39, 0.29) is 16.7 Å². The van der Waals surface area contributed by atoms with Gasteiger partial charge >= 0.3 is 0 Å². The van der Waals surface area contributed by atoms with Crippen molar-refractivity contribution in [3.05, 3.63) is 33.9 Å². The minimum absolute atomic E-state index is 0.225. The Kier molecular flexibility index (Phi) is 3.28. The summed E-state index contributed by atoms with van der Waals surface area (Å²) in [5.74, 6) is 0. The third kappa shape index (κ3) is 2.39. The summed E-state index contributed by atoms with van der Waals surface area (Å²) in [4.78, 5) is 12.9. The summed E-state index contributed by atoms with van der Waals surface area (Å²) < 4.78 is 0. The molecule has 1 aromatic carbocycles. The van der Waals surface area contributed by atoms with Crippen LogP contribution in [-0.2, 0) is 0 Å². The van der Waals surface area contributed by atoms with E-state index in [0.717, 1.165) is 31.6 Å². The second kappa shape index (κ2) is 4.71. The summed E-state index contributed by atoms with van der Waals surface area (Å²) in [5.41, 5.74) is 7.50. The molecule has 2 N–H and O–H groups in total. The van der Waals surface area contributed by atoms with Crippen molar-refractivity contribution in [1.82, 2.24) is 0 Å². The number of aryl methyl sites for hydroxylation is 1. The average Bonchev–Trinajstić information content (AvgIpc) is 2.29. The molecule has 0 amide bonds. The molecule has 0 aliphatic carbocycles.